The van der Waals surface area contributed by atoms with Gasteiger partial charge in [0.05, 0.1) is 22.0 Å². The number of nitrogen functional groups attached to an aromatic ring is 1. The van der Waals surface area contributed by atoms with Crippen molar-refractivity contribution in [3.63, 3.8) is 0 Å². The number of aromatic amines is 1. The minimum atomic E-state index is -0.584. The molecule has 2 unspecified atom stereocenters. The smallest absolute Gasteiger partial charge is 0.200 e. The number of hydrogen-bond acceptors (Lipinski definition) is 6. The van der Waals surface area contributed by atoms with E-state index in [0.29, 0.717) is 45.6 Å². The van der Waals surface area contributed by atoms with Crippen molar-refractivity contribution in [1.82, 2.24) is 24.7 Å². The SMILES string of the molecule is CC(c1oc2ccccc2c(=O)c1-c1cccc(F)c1)n1nc(C2C=Cc3cc[nH]c3C2)c2c(N)ncnc21. The van der Waals surface area contributed by atoms with Gasteiger partial charge in [-0.3, -0.25) is 4.79 Å². The second-order valence-electron chi connectivity index (χ2n) is 9.72. The Bertz CT molecular complexity index is 1990. The van der Waals surface area contributed by atoms with Crippen LogP contribution in [0, 0.1) is 5.82 Å². The lowest BCUT2D eigenvalue weighted by molar-refractivity contribution is 0.442. The predicted molar refractivity (Wildman–Crippen MR) is 148 cm³/mol. The van der Waals surface area contributed by atoms with E-state index in [0.717, 1.165) is 17.0 Å². The molecule has 3 N–H and O–H groups in total. The summed E-state index contributed by atoms with van der Waals surface area (Å²) in [7, 11) is 0. The largest absolute Gasteiger partial charge is 0.458 e. The van der Waals surface area contributed by atoms with E-state index in [1.807, 2.05) is 19.2 Å². The van der Waals surface area contributed by atoms with Crippen LogP contribution in [-0.2, 0) is 6.42 Å². The van der Waals surface area contributed by atoms with E-state index in [1.54, 1.807) is 41.1 Å². The number of H-pyrrole nitrogens is 1. The number of nitrogens with zero attached hydrogens (tertiary/aromatic N) is 4. The standard InChI is InChI=1S/C30H23FN6O2/c1-16(28-24(18-5-4-6-20(31)13-18)27(38)21-7-2-3-8-23(21)39-28)37-30-25(29(32)34-15-35-30)26(36-37)19-10-9-17-11-12-33-22(17)14-19/h2-13,15-16,19,33H,14H2,1H3,(H2,32,34,35). The lowest BCUT2D eigenvalue weighted by Crippen LogP contribution is -2.17. The molecular weight excluding hydrogens is 495 g/mol. The van der Waals surface area contributed by atoms with Crippen molar-refractivity contribution >= 4 is 33.9 Å². The third kappa shape index (κ3) is 3.65. The summed E-state index contributed by atoms with van der Waals surface area (Å²) in [6.45, 7) is 1.88. The van der Waals surface area contributed by atoms with Gasteiger partial charge in [-0.1, -0.05) is 36.4 Å². The van der Waals surface area contributed by atoms with Crippen LogP contribution in [0.25, 0.3) is 39.2 Å². The molecule has 9 heteroatoms. The molecule has 4 heterocycles. The lowest BCUT2D eigenvalue weighted by atomic mass is 9.91. The van der Waals surface area contributed by atoms with Gasteiger partial charge in [0.15, 0.2) is 5.65 Å². The Hall–Kier alpha value is -5.05. The molecule has 1 aliphatic rings. The van der Waals surface area contributed by atoms with Gasteiger partial charge in [0.25, 0.3) is 0 Å². The first kappa shape index (κ1) is 23.1. The van der Waals surface area contributed by atoms with Gasteiger partial charge in [0.1, 0.15) is 35.3 Å². The number of nitrogens with two attached hydrogens (primary N) is 1. The first-order valence-electron chi connectivity index (χ1n) is 12.6. The summed E-state index contributed by atoms with van der Waals surface area (Å²) in [4.78, 5) is 25.9. The van der Waals surface area contributed by atoms with Gasteiger partial charge in [-0.25, -0.2) is 19.0 Å². The van der Waals surface area contributed by atoms with Gasteiger partial charge in [0, 0.05) is 17.8 Å². The molecule has 192 valence electrons. The first-order chi connectivity index (χ1) is 19.0. The summed E-state index contributed by atoms with van der Waals surface area (Å²) in [5, 5.41) is 6.08. The summed E-state index contributed by atoms with van der Waals surface area (Å²) >= 11 is 0. The molecule has 7 rings (SSSR count). The fraction of sp³-hybridized carbons (Fsp3) is 0.133. The number of allylic oxidation sites excluding steroid dienone is 1. The summed E-state index contributed by atoms with van der Waals surface area (Å²) < 4.78 is 22.4. The van der Waals surface area contributed by atoms with Gasteiger partial charge < -0.3 is 15.1 Å². The van der Waals surface area contributed by atoms with E-state index < -0.39 is 11.9 Å². The number of hydrogen-bond donors (Lipinski definition) is 2. The molecule has 8 nitrogen and oxygen atoms in total. The van der Waals surface area contributed by atoms with Crippen LogP contribution in [0.5, 0.6) is 0 Å². The van der Waals surface area contributed by atoms with Crippen molar-refractivity contribution in [1.29, 1.82) is 0 Å². The Morgan fingerprint density at radius 3 is 2.90 bits per heavy atom. The molecule has 39 heavy (non-hydrogen) atoms. The zero-order chi connectivity index (χ0) is 26.7. The summed E-state index contributed by atoms with van der Waals surface area (Å²) in [5.41, 5.74) is 10.8. The topological polar surface area (TPSA) is 116 Å². The monoisotopic (exact) mass is 518 g/mol. The fourth-order valence-electron chi connectivity index (χ4n) is 5.48. The van der Waals surface area contributed by atoms with E-state index >= 15 is 0 Å². The molecule has 1 aliphatic carbocycles. The average Bonchev–Trinajstić information content (AvgIpc) is 3.58. The number of benzene rings is 2. The molecule has 2 atom stereocenters. The number of para-hydroxylation sites is 1. The van der Waals surface area contributed by atoms with Crippen LogP contribution in [0.15, 0.2) is 82.4 Å². The maximum absolute atomic E-state index is 14.3. The fourth-order valence-corrected chi connectivity index (χ4v) is 5.48. The predicted octanol–water partition coefficient (Wildman–Crippen LogP) is 5.61. The van der Waals surface area contributed by atoms with Crippen LogP contribution in [0.2, 0.25) is 0 Å². The van der Waals surface area contributed by atoms with Crippen LogP contribution in [-0.4, -0.2) is 24.7 Å². The van der Waals surface area contributed by atoms with E-state index in [-0.39, 0.29) is 16.9 Å². The summed E-state index contributed by atoms with van der Waals surface area (Å²) in [6, 6.07) is 14.4. The number of rotatable bonds is 4. The molecule has 0 aliphatic heterocycles. The van der Waals surface area contributed by atoms with Crippen LogP contribution in [0.4, 0.5) is 10.2 Å². The normalized spacial score (nSPS) is 15.6. The molecule has 2 aromatic carbocycles. The molecule has 0 saturated carbocycles. The number of fused-ring (bicyclic) bond motifs is 3. The lowest BCUT2D eigenvalue weighted by Gasteiger charge is -2.18. The van der Waals surface area contributed by atoms with E-state index in [9.17, 15) is 9.18 Å². The van der Waals surface area contributed by atoms with Gasteiger partial charge in [-0.2, -0.15) is 5.10 Å². The average molecular weight is 519 g/mol. The van der Waals surface area contributed by atoms with Crippen molar-refractivity contribution in [3.8, 4) is 11.1 Å². The molecule has 0 saturated heterocycles. The van der Waals surface area contributed by atoms with Crippen LogP contribution in [0.1, 0.15) is 41.6 Å². The van der Waals surface area contributed by atoms with Gasteiger partial charge in [-0.05, 0) is 54.8 Å². The molecule has 6 aromatic rings. The summed E-state index contributed by atoms with van der Waals surface area (Å²) in [5.74, 6) is 0.165. The van der Waals surface area contributed by atoms with Crippen molar-refractivity contribution in [2.75, 3.05) is 5.73 Å². The Kier molecular flexibility index (Phi) is 5.19. The second kappa shape index (κ2) is 8.76. The van der Waals surface area contributed by atoms with E-state index in [4.69, 9.17) is 15.2 Å². The van der Waals surface area contributed by atoms with Gasteiger partial charge >= 0.3 is 0 Å². The molecule has 0 spiro atoms. The zero-order valence-electron chi connectivity index (χ0n) is 20.9. The maximum atomic E-state index is 14.3. The quantitative estimate of drug-likeness (QED) is 0.313. The van der Waals surface area contributed by atoms with Gasteiger partial charge in [0.2, 0.25) is 5.43 Å². The van der Waals surface area contributed by atoms with E-state index in [1.165, 1.54) is 18.5 Å². The van der Waals surface area contributed by atoms with Crippen molar-refractivity contribution in [2.24, 2.45) is 0 Å². The number of nitrogens with one attached hydrogen (secondary N) is 1. The summed E-state index contributed by atoms with van der Waals surface area (Å²) in [6.07, 6.45) is 8.21. The molecule has 0 bridgehead atoms. The van der Waals surface area contributed by atoms with Crippen LogP contribution in [0.3, 0.4) is 0 Å². The highest BCUT2D eigenvalue weighted by atomic mass is 19.1. The Balaban J connectivity index is 1.45. The highest BCUT2D eigenvalue weighted by molar-refractivity contribution is 5.89. The number of aromatic nitrogens is 5. The number of anilines is 1. The van der Waals surface area contributed by atoms with Crippen molar-refractivity contribution < 1.29 is 8.81 Å². The highest BCUT2D eigenvalue weighted by Crippen LogP contribution is 2.37. The van der Waals surface area contributed by atoms with Crippen LogP contribution >= 0.6 is 0 Å². The first-order valence-corrected chi connectivity index (χ1v) is 12.6. The molecule has 0 amide bonds. The maximum Gasteiger partial charge on any atom is 0.200 e. The zero-order valence-corrected chi connectivity index (χ0v) is 20.9. The molecule has 0 fully saturated rings. The number of halogens is 1. The minimum absolute atomic E-state index is 0.0632. The van der Waals surface area contributed by atoms with Gasteiger partial charge in [-0.15, -0.1) is 0 Å². The Morgan fingerprint density at radius 1 is 1.15 bits per heavy atom. The van der Waals surface area contributed by atoms with E-state index in [2.05, 4.69) is 27.1 Å². The Labute approximate surface area is 221 Å². The third-order valence-electron chi connectivity index (χ3n) is 7.38. The molecular formula is C30H23FN6O2. The van der Waals surface area contributed by atoms with Crippen molar-refractivity contribution in [2.45, 2.75) is 25.3 Å². The molecule has 0 radical (unpaired) electrons. The third-order valence-corrected chi connectivity index (χ3v) is 7.38. The second-order valence-corrected chi connectivity index (χ2v) is 9.72. The highest BCUT2D eigenvalue weighted by Gasteiger charge is 2.29. The Morgan fingerprint density at radius 2 is 2.03 bits per heavy atom. The minimum Gasteiger partial charge on any atom is -0.458 e. The van der Waals surface area contributed by atoms with Crippen LogP contribution < -0.4 is 11.2 Å². The molecule has 4 aromatic heterocycles. The van der Waals surface area contributed by atoms with Crippen molar-refractivity contribution in [3.05, 3.63) is 112 Å².